The molecule has 8 nitrogen and oxygen atoms in total. The summed E-state index contributed by atoms with van der Waals surface area (Å²) in [7, 11) is 0. The number of carbonyl (C=O) groups excluding carboxylic acids is 1. The summed E-state index contributed by atoms with van der Waals surface area (Å²) in [6, 6.07) is 7.55. The Labute approximate surface area is 150 Å². The number of benzene rings is 1. The van der Waals surface area contributed by atoms with Gasteiger partial charge in [0.15, 0.2) is 11.5 Å². The predicted molar refractivity (Wildman–Crippen MR) is 96.7 cm³/mol. The molecule has 0 aliphatic heterocycles. The van der Waals surface area contributed by atoms with Crippen molar-refractivity contribution in [3.63, 3.8) is 0 Å². The fourth-order valence-electron chi connectivity index (χ4n) is 2.11. The van der Waals surface area contributed by atoms with Gasteiger partial charge in [0.1, 0.15) is 0 Å². The van der Waals surface area contributed by atoms with Gasteiger partial charge in [-0.1, -0.05) is 50.2 Å². The first-order chi connectivity index (χ1) is 12.4. The smallest absolute Gasteiger partial charge is 0.280 e. The lowest BCUT2D eigenvalue weighted by atomic mass is 9.96. The number of hydrogen-bond acceptors (Lipinski definition) is 7. The van der Waals surface area contributed by atoms with E-state index in [2.05, 4.69) is 25.4 Å². The Bertz CT molecular complexity index is 912. The number of rotatable bonds is 4. The molecule has 0 saturated carbocycles. The highest BCUT2D eigenvalue weighted by Crippen LogP contribution is 2.26. The number of nitrogens with two attached hydrogens (primary N) is 1. The van der Waals surface area contributed by atoms with E-state index in [-0.39, 0.29) is 17.6 Å². The van der Waals surface area contributed by atoms with E-state index in [0.29, 0.717) is 18.1 Å². The molecule has 2 aromatic heterocycles. The summed E-state index contributed by atoms with van der Waals surface area (Å²) in [6.07, 6.45) is 2.99. The second-order valence-electron chi connectivity index (χ2n) is 6.78. The summed E-state index contributed by atoms with van der Waals surface area (Å²) in [4.78, 5) is 25.0. The SMILES string of the molecule is CC(C)(C)C(=O)Nc1nccnc1-c1nc(-c2ccc(CN)cc2)no1. The van der Waals surface area contributed by atoms with Gasteiger partial charge in [0.25, 0.3) is 5.89 Å². The number of nitrogens with one attached hydrogen (secondary N) is 1. The maximum absolute atomic E-state index is 12.2. The molecule has 0 aliphatic rings. The number of anilines is 1. The fraction of sp³-hybridized carbons (Fsp3) is 0.278. The van der Waals surface area contributed by atoms with Crippen LogP contribution in [0.3, 0.4) is 0 Å². The molecule has 0 spiro atoms. The molecule has 0 aliphatic carbocycles. The monoisotopic (exact) mass is 352 g/mol. The van der Waals surface area contributed by atoms with Crippen molar-refractivity contribution in [3.05, 3.63) is 42.2 Å². The van der Waals surface area contributed by atoms with Crippen LogP contribution in [0.4, 0.5) is 5.82 Å². The largest absolute Gasteiger partial charge is 0.332 e. The lowest BCUT2D eigenvalue weighted by Crippen LogP contribution is -2.28. The van der Waals surface area contributed by atoms with Crippen LogP contribution >= 0.6 is 0 Å². The van der Waals surface area contributed by atoms with E-state index in [1.165, 1.54) is 12.4 Å². The maximum atomic E-state index is 12.2. The highest BCUT2D eigenvalue weighted by molar-refractivity contribution is 5.95. The lowest BCUT2D eigenvalue weighted by Gasteiger charge is -2.17. The maximum Gasteiger partial charge on any atom is 0.280 e. The van der Waals surface area contributed by atoms with Crippen LogP contribution in [0.1, 0.15) is 26.3 Å². The van der Waals surface area contributed by atoms with Crippen LogP contribution in [0, 0.1) is 5.41 Å². The molecule has 0 atom stereocenters. The van der Waals surface area contributed by atoms with Crippen molar-refractivity contribution >= 4 is 11.7 Å². The van der Waals surface area contributed by atoms with Gasteiger partial charge in [-0.25, -0.2) is 9.97 Å². The van der Waals surface area contributed by atoms with E-state index >= 15 is 0 Å². The van der Waals surface area contributed by atoms with Crippen molar-refractivity contribution < 1.29 is 9.32 Å². The molecule has 0 fully saturated rings. The van der Waals surface area contributed by atoms with Crippen molar-refractivity contribution in [1.82, 2.24) is 20.1 Å². The van der Waals surface area contributed by atoms with Gasteiger partial charge in [-0.3, -0.25) is 4.79 Å². The van der Waals surface area contributed by atoms with Crippen LogP contribution in [0.2, 0.25) is 0 Å². The molecule has 0 saturated heterocycles. The molecule has 1 amide bonds. The van der Waals surface area contributed by atoms with Crippen LogP contribution in [0.25, 0.3) is 23.0 Å². The van der Waals surface area contributed by atoms with Gasteiger partial charge in [-0.2, -0.15) is 4.98 Å². The molecule has 2 heterocycles. The average molecular weight is 352 g/mol. The van der Waals surface area contributed by atoms with E-state index in [1.54, 1.807) is 0 Å². The lowest BCUT2D eigenvalue weighted by molar-refractivity contribution is -0.123. The molecule has 0 unspecified atom stereocenters. The second-order valence-corrected chi connectivity index (χ2v) is 6.78. The minimum Gasteiger partial charge on any atom is -0.332 e. The van der Waals surface area contributed by atoms with Gasteiger partial charge in [0.05, 0.1) is 0 Å². The van der Waals surface area contributed by atoms with Crippen LogP contribution in [-0.2, 0) is 11.3 Å². The summed E-state index contributed by atoms with van der Waals surface area (Å²) in [6.45, 7) is 5.91. The van der Waals surface area contributed by atoms with Crippen LogP contribution in [-0.4, -0.2) is 26.0 Å². The molecule has 3 rings (SSSR count). The van der Waals surface area contributed by atoms with E-state index in [9.17, 15) is 4.79 Å². The van der Waals surface area contributed by atoms with Gasteiger partial charge < -0.3 is 15.6 Å². The number of amides is 1. The van der Waals surface area contributed by atoms with E-state index in [0.717, 1.165) is 11.1 Å². The third-order valence-electron chi connectivity index (χ3n) is 3.69. The highest BCUT2D eigenvalue weighted by Gasteiger charge is 2.24. The van der Waals surface area contributed by atoms with Crippen LogP contribution in [0.5, 0.6) is 0 Å². The van der Waals surface area contributed by atoms with Gasteiger partial charge >= 0.3 is 0 Å². The Kier molecular flexibility index (Phi) is 4.77. The summed E-state index contributed by atoms with van der Waals surface area (Å²) in [5.41, 5.74) is 7.16. The van der Waals surface area contributed by atoms with Crippen molar-refractivity contribution in [2.75, 3.05) is 5.32 Å². The molecular formula is C18H20N6O2. The predicted octanol–water partition coefficient (Wildman–Crippen LogP) is 2.64. The van der Waals surface area contributed by atoms with Gasteiger partial charge in [0.2, 0.25) is 11.7 Å². The van der Waals surface area contributed by atoms with Gasteiger partial charge in [0, 0.05) is 29.9 Å². The Hall–Kier alpha value is -3.13. The molecular weight excluding hydrogens is 332 g/mol. The molecule has 0 radical (unpaired) electrons. The van der Waals surface area contributed by atoms with Crippen LogP contribution in [0.15, 0.2) is 41.2 Å². The third-order valence-corrected chi connectivity index (χ3v) is 3.69. The van der Waals surface area contributed by atoms with E-state index < -0.39 is 5.41 Å². The number of carbonyl (C=O) groups is 1. The Morgan fingerprint density at radius 1 is 1.15 bits per heavy atom. The van der Waals surface area contributed by atoms with Gasteiger partial charge in [-0.05, 0) is 5.56 Å². The first-order valence-electron chi connectivity index (χ1n) is 8.14. The van der Waals surface area contributed by atoms with Gasteiger partial charge in [-0.15, -0.1) is 0 Å². The normalized spacial score (nSPS) is 11.4. The molecule has 3 N–H and O–H groups in total. The zero-order chi connectivity index (χ0) is 18.7. The molecule has 3 aromatic rings. The average Bonchev–Trinajstić information content (AvgIpc) is 3.11. The number of aromatic nitrogens is 4. The summed E-state index contributed by atoms with van der Waals surface area (Å²) in [5, 5.41) is 6.75. The standard InChI is InChI=1S/C18H20N6O2/c1-18(2,3)17(25)23-15-13(20-8-9-21-15)16-22-14(24-26-16)12-6-4-11(10-19)5-7-12/h4-9H,10,19H2,1-3H3,(H,21,23,25). The first-order valence-corrected chi connectivity index (χ1v) is 8.14. The number of nitrogens with zero attached hydrogens (tertiary/aromatic N) is 4. The summed E-state index contributed by atoms with van der Waals surface area (Å²) >= 11 is 0. The van der Waals surface area contributed by atoms with Crippen molar-refractivity contribution in [1.29, 1.82) is 0 Å². The van der Waals surface area contributed by atoms with Crippen LogP contribution < -0.4 is 11.1 Å². The minimum atomic E-state index is -0.570. The van der Waals surface area contributed by atoms with E-state index in [1.807, 2.05) is 45.0 Å². The highest BCUT2D eigenvalue weighted by atomic mass is 16.5. The summed E-state index contributed by atoms with van der Waals surface area (Å²) in [5.74, 6) is 0.694. The van der Waals surface area contributed by atoms with Crippen molar-refractivity contribution in [2.24, 2.45) is 11.1 Å². The molecule has 134 valence electrons. The molecule has 1 aromatic carbocycles. The Morgan fingerprint density at radius 2 is 1.85 bits per heavy atom. The minimum absolute atomic E-state index is 0.181. The fourth-order valence-corrected chi connectivity index (χ4v) is 2.11. The quantitative estimate of drug-likeness (QED) is 0.740. The van der Waals surface area contributed by atoms with E-state index in [4.69, 9.17) is 10.3 Å². The van der Waals surface area contributed by atoms with Crippen molar-refractivity contribution in [3.8, 4) is 23.0 Å². The van der Waals surface area contributed by atoms with Crippen molar-refractivity contribution in [2.45, 2.75) is 27.3 Å². The first kappa shape index (κ1) is 17.7. The third kappa shape index (κ3) is 3.75. The Morgan fingerprint density at radius 3 is 2.50 bits per heavy atom. The molecule has 8 heteroatoms. The summed E-state index contributed by atoms with van der Waals surface area (Å²) < 4.78 is 5.33. The molecule has 0 bridgehead atoms. The number of hydrogen-bond donors (Lipinski definition) is 2. The zero-order valence-electron chi connectivity index (χ0n) is 14.9. The topological polar surface area (TPSA) is 120 Å². The molecule has 26 heavy (non-hydrogen) atoms. The second kappa shape index (κ2) is 7.01. The Balaban J connectivity index is 1.91. The zero-order valence-corrected chi connectivity index (χ0v) is 14.9.